The van der Waals surface area contributed by atoms with Gasteiger partial charge in [-0.25, -0.2) is 0 Å². The van der Waals surface area contributed by atoms with Crippen LogP contribution in [0.1, 0.15) is 0 Å². The van der Waals surface area contributed by atoms with Gasteiger partial charge in [0.15, 0.2) is 5.75 Å². The molecule has 0 atom stereocenters. The van der Waals surface area contributed by atoms with Crippen LogP contribution in [0.3, 0.4) is 0 Å². The number of halogens is 6. The molecule has 0 N–H and O–H groups in total. The van der Waals surface area contributed by atoms with Crippen LogP contribution in [0.15, 0.2) is 115 Å². The Bertz CT molecular complexity index is 1200. The van der Waals surface area contributed by atoms with E-state index in [1.807, 2.05) is 54.6 Å². The molecular weight excluding hydrogens is 570 g/mol. The van der Waals surface area contributed by atoms with E-state index < -0.39 is 26.6 Å². The first-order valence-electron chi connectivity index (χ1n) is 10.2. The minimum absolute atomic E-state index is 0.0421. The zero-order chi connectivity index (χ0) is 26.5. The molecule has 0 spiro atoms. The van der Waals surface area contributed by atoms with Gasteiger partial charge >= 0.3 is 35.0 Å². The van der Waals surface area contributed by atoms with Gasteiger partial charge in [-0.15, -0.1) is 0 Å². The van der Waals surface area contributed by atoms with Crippen molar-refractivity contribution >= 4 is 43.3 Å². The molecule has 0 aliphatic rings. The topological polar surface area (TPSA) is 52.4 Å². The fourth-order valence-electron chi connectivity index (χ4n) is 3.31. The summed E-state index contributed by atoms with van der Waals surface area (Å²) in [7, 11) is -2.48. The van der Waals surface area contributed by atoms with Gasteiger partial charge in [-0.1, -0.05) is 54.6 Å². The molecule has 0 saturated heterocycles. The van der Waals surface area contributed by atoms with Crippen molar-refractivity contribution in [3.63, 3.8) is 0 Å². The Morgan fingerprint density at radius 1 is 0.583 bits per heavy atom. The molecule has 4 aromatic rings. The second-order valence-electron chi connectivity index (χ2n) is 7.42. The van der Waals surface area contributed by atoms with Crippen LogP contribution in [-0.4, -0.2) is 19.1 Å². The summed E-state index contributed by atoms with van der Waals surface area (Å²) < 4.78 is 66.2. The maximum absolute atomic E-state index is 11.1. The Labute approximate surface area is 204 Å². The van der Waals surface area contributed by atoms with Crippen LogP contribution >= 0.6 is 7.49 Å². The van der Waals surface area contributed by atoms with E-state index in [1.54, 1.807) is 12.1 Å². The third kappa shape index (κ3) is 8.11. The third-order valence-electron chi connectivity index (χ3n) is 4.65. The first-order valence-corrected chi connectivity index (χ1v) is 16.2. The fourth-order valence-corrected chi connectivity index (χ4v) is 6.73. The molecule has 0 saturated carbocycles. The molecule has 4 aromatic carbocycles. The van der Waals surface area contributed by atoms with Crippen molar-refractivity contribution in [2.45, 2.75) is 0 Å². The van der Waals surface area contributed by atoms with Crippen molar-refractivity contribution in [2.75, 3.05) is 0 Å². The van der Waals surface area contributed by atoms with Gasteiger partial charge in [0.2, 0.25) is 0 Å². The van der Waals surface area contributed by atoms with Gasteiger partial charge in [-0.05, 0) is 48.5 Å². The second kappa shape index (κ2) is 9.60. The monoisotopic (exact) mass is 589 g/mol. The molecule has 0 aliphatic carbocycles. The van der Waals surface area contributed by atoms with E-state index in [1.165, 1.54) is 12.1 Å². The second-order valence-corrected chi connectivity index (χ2v) is 14.4. The van der Waals surface area contributed by atoms with Crippen LogP contribution in [0.2, 0.25) is 0 Å². The number of hydrogen-bond donors (Lipinski definition) is 0. The Morgan fingerprint density at radius 3 is 1.17 bits per heavy atom. The van der Waals surface area contributed by atoms with E-state index in [0.29, 0.717) is 5.75 Å². The molecular formula is C24H19AsF6NO3P. The van der Waals surface area contributed by atoms with Crippen molar-refractivity contribution in [3.05, 3.63) is 125 Å². The van der Waals surface area contributed by atoms with Crippen LogP contribution in [-0.2, 0) is 0 Å². The Hall–Kier alpha value is -3.35. The van der Waals surface area contributed by atoms with E-state index in [0.717, 1.165) is 15.9 Å². The standard InChI is InChI=1S/C24H19NO3P.AsF6/c26-25(27)20-16-18-21(19-17-20)28-29(22-10-4-1-5-11-22,23-12-6-2-7-13-23)24-14-8-3-9-15-24;2-1(3,4,5,6)7/h1-19H;/q+1;-1. The van der Waals surface area contributed by atoms with Gasteiger partial charge in [0.05, 0.1) is 4.92 Å². The molecule has 0 amide bonds. The summed E-state index contributed by atoms with van der Waals surface area (Å²) in [5.74, 6) is 0.598. The number of hydrogen-bond acceptors (Lipinski definition) is 3. The Morgan fingerprint density at radius 2 is 0.889 bits per heavy atom. The van der Waals surface area contributed by atoms with E-state index in [4.69, 9.17) is 4.52 Å². The molecule has 36 heavy (non-hydrogen) atoms. The summed E-state index contributed by atoms with van der Waals surface area (Å²) in [6, 6.07) is 36.8. The number of nitro benzene ring substituents is 1. The average molecular weight is 589 g/mol. The van der Waals surface area contributed by atoms with Crippen LogP contribution in [0.25, 0.3) is 0 Å². The van der Waals surface area contributed by atoms with Crippen molar-refractivity contribution in [2.24, 2.45) is 0 Å². The number of non-ortho nitro benzene ring substituents is 1. The summed E-state index contributed by atoms with van der Waals surface area (Å²) in [4.78, 5) is 10.6. The summed E-state index contributed by atoms with van der Waals surface area (Å²) >= 11 is -11.1. The molecule has 4 nitrogen and oxygen atoms in total. The number of benzene rings is 4. The summed E-state index contributed by atoms with van der Waals surface area (Å²) in [5.41, 5.74) is 0.0421. The van der Waals surface area contributed by atoms with E-state index in [-0.39, 0.29) is 5.69 Å². The van der Waals surface area contributed by atoms with E-state index in [2.05, 4.69) is 36.4 Å². The SMILES string of the molecule is F[As-](F)(F)(F)(F)F.O=[N+]([O-])c1ccc(O[P+](c2ccccc2)(c2ccccc2)c2ccccc2)cc1. The first kappa shape index (κ1) is 27.2. The van der Waals surface area contributed by atoms with Crippen molar-refractivity contribution in [1.29, 1.82) is 0 Å². The summed E-state index contributed by atoms with van der Waals surface area (Å²) in [6.07, 6.45) is 0. The van der Waals surface area contributed by atoms with Crippen LogP contribution < -0.4 is 20.4 Å². The summed E-state index contributed by atoms with van der Waals surface area (Å²) in [5, 5.41) is 14.3. The molecule has 190 valence electrons. The van der Waals surface area contributed by atoms with Gasteiger partial charge in [0.1, 0.15) is 15.9 Å². The minimum atomic E-state index is -11.1. The van der Waals surface area contributed by atoms with Crippen LogP contribution in [0.4, 0.5) is 26.5 Å². The van der Waals surface area contributed by atoms with Crippen molar-refractivity contribution in [1.82, 2.24) is 0 Å². The molecule has 0 fully saturated rings. The quantitative estimate of drug-likeness (QED) is 0.0799. The number of rotatable bonds is 6. The molecule has 0 heterocycles. The zero-order valence-corrected chi connectivity index (χ0v) is 21.1. The smallest absolute Gasteiger partial charge is 0.287 e. The predicted octanol–water partition coefficient (Wildman–Crippen LogP) is 7.02. The van der Waals surface area contributed by atoms with Gasteiger partial charge in [0, 0.05) is 12.1 Å². The minimum Gasteiger partial charge on any atom is -0.334 e. The maximum atomic E-state index is 11.0. The molecule has 0 unspecified atom stereocenters. The summed E-state index contributed by atoms with van der Waals surface area (Å²) in [6.45, 7) is 0. The van der Waals surface area contributed by atoms with E-state index in [9.17, 15) is 30.9 Å². The molecule has 0 aromatic heterocycles. The molecule has 4 rings (SSSR count). The normalized spacial score (nSPS) is 13.4. The molecule has 0 aliphatic heterocycles. The van der Waals surface area contributed by atoms with Gasteiger partial charge in [-0.3, -0.25) is 10.1 Å². The van der Waals surface area contributed by atoms with E-state index >= 15 is 0 Å². The number of nitro groups is 1. The van der Waals surface area contributed by atoms with Gasteiger partial charge < -0.3 is 4.52 Å². The third-order valence-corrected chi connectivity index (χ3v) is 8.21. The first-order chi connectivity index (χ1) is 16.6. The molecule has 0 bridgehead atoms. The number of nitrogens with zero attached hydrogens (tertiary/aromatic N) is 1. The molecule has 12 heteroatoms. The van der Waals surface area contributed by atoms with Crippen molar-refractivity contribution < 1.29 is 30.2 Å². The Balaban J connectivity index is 0.000000454. The van der Waals surface area contributed by atoms with Crippen LogP contribution in [0.5, 0.6) is 5.75 Å². The fraction of sp³-hybridized carbons (Fsp3) is 0. The zero-order valence-electron chi connectivity index (χ0n) is 18.3. The Kier molecular flexibility index (Phi) is 7.26. The molecule has 0 radical (unpaired) electrons. The average Bonchev–Trinajstić information content (AvgIpc) is 2.82. The van der Waals surface area contributed by atoms with Gasteiger partial charge in [-0.2, -0.15) is 0 Å². The maximum Gasteiger partial charge on any atom is 0.287 e. The van der Waals surface area contributed by atoms with Gasteiger partial charge in [0.25, 0.3) is 13.2 Å². The van der Waals surface area contributed by atoms with Crippen LogP contribution in [0, 0.1) is 10.1 Å². The predicted molar refractivity (Wildman–Crippen MR) is 131 cm³/mol. The largest absolute Gasteiger partial charge is 0.334 e. The van der Waals surface area contributed by atoms with Crippen molar-refractivity contribution in [3.8, 4) is 5.75 Å².